The van der Waals surface area contributed by atoms with E-state index in [-0.39, 0.29) is 40.5 Å². The Morgan fingerprint density at radius 2 is 1.97 bits per heavy atom. The summed E-state index contributed by atoms with van der Waals surface area (Å²) in [7, 11) is 2.82. The number of aromatic nitrogens is 5. The number of hydrogen-bond donors (Lipinski definition) is 3. The van der Waals surface area contributed by atoms with E-state index >= 15 is 0 Å². The lowest BCUT2D eigenvalue weighted by molar-refractivity contribution is 0.0948. The number of hydrogen-bond acceptors (Lipinski definition) is 11. The van der Waals surface area contributed by atoms with Gasteiger partial charge in [-0.2, -0.15) is 9.78 Å². The molecule has 0 bridgehead atoms. The molecule has 0 unspecified atom stereocenters. The number of aromatic hydroxyl groups is 1. The van der Waals surface area contributed by atoms with Crippen molar-refractivity contribution >= 4 is 17.9 Å². The minimum atomic E-state index is -0.589. The number of carbonyl (C=O) groups is 1. The highest BCUT2D eigenvalue weighted by atomic mass is 16.6. The summed E-state index contributed by atoms with van der Waals surface area (Å²) < 4.78 is 16.1. The Bertz CT molecular complexity index is 1060. The number of anilines is 1. The first kappa shape index (κ1) is 20.6. The van der Waals surface area contributed by atoms with Crippen LogP contribution in [-0.2, 0) is 0 Å². The molecule has 30 heavy (non-hydrogen) atoms. The number of hydrazone groups is 1. The van der Waals surface area contributed by atoms with Gasteiger partial charge in [0, 0.05) is 5.56 Å². The monoisotopic (exact) mass is 416 g/mol. The lowest BCUT2D eigenvalue weighted by Crippen LogP contribution is -2.21. The average molecular weight is 416 g/mol. The average Bonchev–Trinajstić information content (AvgIpc) is 3.34. The van der Waals surface area contributed by atoms with Crippen LogP contribution in [-0.4, -0.2) is 56.8 Å². The zero-order chi connectivity index (χ0) is 21.8. The summed E-state index contributed by atoms with van der Waals surface area (Å²) in [4.78, 5) is 12.6. The predicted octanol–water partition coefficient (Wildman–Crippen LogP) is 0.843. The van der Waals surface area contributed by atoms with Gasteiger partial charge in [-0.3, -0.25) is 4.79 Å². The summed E-state index contributed by atoms with van der Waals surface area (Å²) >= 11 is 0. The van der Waals surface area contributed by atoms with Gasteiger partial charge in [0.05, 0.1) is 26.1 Å². The van der Waals surface area contributed by atoms with Crippen molar-refractivity contribution in [2.24, 2.45) is 5.10 Å². The lowest BCUT2D eigenvalue weighted by atomic mass is 10.1. The first-order valence-electron chi connectivity index (χ1n) is 8.69. The van der Waals surface area contributed by atoms with Crippen molar-refractivity contribution < 1.29 is 24.0 Å². The summed E-state index contributed by atoms with van der Waals surface area (Å²) in [5.41, 5.74) is 9.12. The van der Waals surface area contributed by atoms with E-state index in [9.17, 15) is 9.90 Å². The molecular weight excluding hydrogens is 396 g/mol. The molecule has 0 spiro atoms. The van der Waals surface area contributed by atoms with Crippen LogP contribution >= 0.6 is 0 Å². The predicted molar refractivity (Wildman–Crippen MR) is 104 cm³/mol. The molecule has 0 saturated heterocycles. The Morgan fingerprint density at radius 1 is 1.30 bits per heavy atom. The van der Waals surface area contributed by atoms with Crippen LogP contribution < -0.4 is 20.6 Å². The van der Waals surface area contributed by atoms with E-state index in [1.807, 2.05) is 13.8 Å². The number of carbonyl (C=O) groups excluding carboxylic acids is 1. The maximum absolute atomic E-state index is 12.6. The highest BCUT2D eigenvalue weighted by Crippen LogP contribution is 2.36. The zero-order valence-electron chi connectivity index (χ0n) is 16.7. The van der Waals surface area contributed by atoms with Gasteiger partial charge >= 0.3 is 0 Å². The molecule has 0 saturated carbocycles. The van der Waals surface area contributed by atoms with Crippen molar-refractivity contribution in [2.45, 2.75) is 19.8 Å². The molecule has 2 heterocycles. The molecule has 0 fully saturated rings. The number of benzene rings is 1. The van der Waals surface area contributed by atoms with Crippen LogP contribution in [0.2, 0.25) is 0 Å². The molecular formula is C17H20N8O5. The van der Waals surface area contributed by atoms with Crippen LogP contribution in [0.4, 0.5) is 5.82 Å². The molecule has 0 radical (unpaired) electrons. The molecule has 0 aliphatic rings. The zero-order valence-corrected chi connectivity index (χ0v) is 16.7. The van der Waals surface area contributed by atoms with Crippen LogP contribution in [0.3, 0.4) is 0 Å². The van der Waals surface area contributed by atoms with E-state index in [2.05, 4.69) is 35.8 Å². The van der Waals surface area contributed by atoms with Crippen LogP contribution in [0.25, 0.3) is 5.82 Å². The van der Waals surface area contributed by atoms with E-state index in [0.29, 0.717) is 11.3 Å². The molecule has 2 aromatic heterocycles. The summed E-state index contributed by atoms with van der Waals surface area (Å²) in [6.07, 6.45) is 1.36. The quantitative estimate of drug-likeness (QED) is 0.369. The molecule has 3 rings (SSSR count). The third-order valence-electron chi connectivity index (χ3n) is 4.04. The second-order valence-electron chi connectivity index (χ2n) is 6.34. The number of nitrogens with two attached hydrogens (primary N) is 1. The normalized spacial score (nSPS) is 11.2. The number of amides is 1. The van der Waals surface area contributed by atoms with Crippen LogP contribution in [0.15, 0.2) is 21.9 Å². The van der Waals surface area contributed by atoms with E-state index in [1.165, 1.54) is 37.2 Å². The second kappa shape index (κ2) is 8.46. The molecule has 13 nitrogen and oxygen atoms in total. The minimum absolute atomic E-state index is 0.0157. The second-order valence-corrected chi connectivity index (χ2v) is 6.34. The van der Waals surface area contributed by atoms with E-state index in [0.717, 1.165) is 0 Å². The third kappa shape index (κ3) is 3.85. The van der Waals surface area contributed by atoms with Gasteiger partial charge in [-0.25, -0.2) is 10.1 Å². The Kier molecular flexibility index (Phi) is 5.80. The van der Waals surface area contributed by atoms with Gasteiger partial charge in [-0.05, 0) is 28.4 Å². The van der Waals surface area contributed by atoms with E-state index < -0.39 is 5.91 Å². The summed E-state index contributed by atoms with van der Waals surface area (Å²) in [6, 6.07) is 3.06. The highest BCUT2D eigenvalue weighted by Gasteiger charge is 2.25. The molecule has 158 valence electrons. The topological polar surface area (TPSA) is 176 Å². The molecule has 4 N–H and O–H groups in total. The van der Waals surface area contributed by atoms with Crippen LogP contribution in [0.5, 0.6) is 17.2 Å². The molecule has 0 aliphatic carbocycles. The summed E-state index contributed by atoms with van der Waals surface area (Å²) in [5.74, 6) is -0.322. The number of methoxy groups -OCH3 is 2. The standard InChI is InChI=1S/C17H20N8O5/c1-8(2)13-12(20-24-25(13)16-15(18)22-30-23-16)17(27)21-19-7-9-5-10(28-3)14(26)11(6-9)29-4/h5-8,26H,1-4H3,(H2,18,22)(H,21,27). The number of phenolic OH excluding ortho intramolecular Hbond substituents is 1. The van der Waals surface area contributed by atoms with Crippen molar-refractivity contribution in [3.05, 3.63) is 29.1 Å². The number of rotatable bonds is 7. The third-order valence-corrected chi connectivity index (χ3v) is 4.04. The molecule has 13 heteroatoms. The first-order valence-corrected chi connectivity index (χ1v) is 8.69. The maximum atomic E-state index is 12.6. The number of phenols is 1. The van der Waals surface area contributed by atoms with Crippen molar-refractivity contribution in [2.75, 3.05) is 20.0 Å². The summed E-state index contributed by atoms with van der Waals surface area (Å²) in [6.45, 7) is 3.71. The molecule has 0 aliphatic heterocycles. The van der Waals surface area contributed by atoms with Crippen LogP contribution in [0, 0.1) is 0 Å². The largest absolute Gasteiger partial charge is 0.502 e. The van der Waals surface area contributed by atoms with Gasteiger partial charge in [0.1, 0.15) is 0 Å². The number of nitrogens with zero attached hydrogens (tertiary/aromatic N) is 6. The molecule has 1 amide bonds. The van der Waals surface area contributed by atoms with Gasteiger partial charge in [-0.15, -0.1) is 5.10 Å². The van der Waals surface area contributed by atoms with E-state index in [4.69, 9.17) is 15.2 Å². The van der Waals surface area contributed by atoms with Gasteiger partial charge < -0.3 is 20.3 Å². The molecule has 3 aromatic rings. The van der Waals surface area contributed by atoms with Gasteiger partial charge in [0.15, 0.2) is 17.2 Å². The van der Waals surface area contributed by atoms with Crippen molar-refractivity contribution in [1.82, 2.24) is 30.7 Å². The van der Waals surface area contributed by atoms with Gasteiger partial charge in [-0.1, -0.05) is 19.1 Å². The fourth-order valence-electron chi connectivity index (χ4n) is 2.67. The number of nitrogen functional groups attached to an aromatic ring is 1. The number of nitrogens with one attached hydrogen (secondary N) is 1. The van der Waals surface area contributed by atoms with Gasteiger partial charge in [0.25, 0.3) is 5.91 Å². The van der Waals surface area contributed by atoms with Crippen molar-refractivity contribution in [3.8, 4) is 23.1 Å². The lowest BCUT2D eigenvalue weighted by Gasteiger charge is -2.09. The minimum Gasteiger partial charge on any atom is -0.502 e. The Balaban J connectivity index is 1.84. The molecule has 1 aromatic carbocycles. The SMILES string of the molecule is COc1cc(C=NNC(=O)c2nnn(-c3nonc3N)c2C(C)C)cc(OC)c1O. The van der Waals surface area contributed by atoms with Crippen LogP contribution in [0.1, 0.15) is 41.5 Å². The smallest absolute Gasteiger partial charge is 0.293 e. The number of ether oxygens (including phenoxy) is 2. The van der Waals surface area contributed by atoms with Crippen molar-refractivity contribution in [3.63, 3.8) is 0 Å². The summed E-state index contributed by atoms with van der Waals surface area (Å²) in [5, 5.41) is 28.9. The fourth-order valence-corrected chi connectivity index (χ4v) is 2.67. The maximum Gasteiger partial charge on any atom is 0.293 e. The highest BCUT2D eigenvalue weighted by molar-refractivity contribution is 5.94. The Morgan fingerprint density at radius 3 is 2.50 bits per heavy atom. The van der Waals surface area contributed by atoms with Gasteiger partial charge in [0.2, 0.25) is 17.4 Å². The Hall–Kier alpha value is -4.16. The fraction of sp³-hybridized carbons (Fsp3) is 0.294. The molecule has 0 atom stereocenters. The Labute approximate surface area is 170 Å². The van der Waals surface area contributed by atoms with E-state index in [1.54, 1.807) is 0 Å². The first-order chi connectivity index (χ1) is 14.4. The van der Waals surface area contributed by atoms with Crippen molar-refractivity contribution in [1.29, 1.82) is 0 Å².